The molecule has 1 atom stereocenters. The number of rotatable bonds is 2. The van der Waals surface area contributed by atoms with Crippen LogP contribution in [-0.4, -0.2) is 48.9 Å². The molecule has 2 aromatic rings. The van der Waals surface area contributed by atoms with Crippen molar-refractivity contribution in [3.05, 3.63) is 59.2 Å². The minimum absolute atomic E-state index is 0.0287. The number of nitrogens with zero attached hydrogens (tertiary/aromatic N) is 3. The van der Waals surface area contributed by atoms with Crippen LogP contribution in [0.5, 0.6) is 0 Å². The van der Waals surface area contributed by atoms with Crippen molar-refractivity contribution in [2.24, 2.45) is 0 Å². The maximum Gasteiger partial charge on any atom is 0.225 e. The molecule has 5 nitrogen and oxygen atoms in total. The molecule has 0 aliphatic carbocycles. The zero-order valence-corrected chi connectivity index (χ0v) is 16.1. The lowest BCUT2D eigenvalue weighted by Gasteiger charge is -2.41. The Morgan fingerprint density at radius 3 is 2.37 bits per heavy atom. The van der Waals surface area contributed by atoms with Gasteiger partial charge in [0, 0.05) is 44.4 Å². The molecule has 0 saturated carbocycles. The summed E-state index contributed by atoms with van der Waals surface area (Å²) in [5.41, 5.74) is 5.16. The first-order chi connectivity index (χ1) is 13.0. The Kier molecular flexibility index (Phi) is 4.48. The molecule has 2 aliphatic rings. The van der Waals surface area contributed by atoms with Gasteiger partial charge >= 0.3 is 0 Å². The first kappa shape index (κ1) is 17.7. The number of carbonyl (C=O) groups excluding carboxylic acids is 2. The second-order valence-corrected chi connectivity index (χ2v) is 7.46. The Morgan fingerprint density at radius 2 is 1.67 bits per heavy atom. The Morgan fingerprint density at radius 1 is 0.963 bits per heavy atom. The number of carbonyl (C=O) groups is 2. The van der Waals surface area contributed by atoms with Gasteiger partial charge in [0.25, 0.3) is 0 Å². The summed E-state index contributed by atoms with van der Waals surface area (Å²) in [5, 5.41) is 0. The lowest BCUT2D eigenvalue weighted by Crippen LogP contribution is -2.58. The van der Waals surface area contributed by atoms with Gasteiger partial charge in [0.15, 0.2) is 6.17 Å². The molecule has 0 spiro atoms. The number of ketones is 1. The molecule has 0 radical (unpaired) electrons. The SMILES string of the molecule is CC(=O)N1c2ccccc2C(=O)C1N1CCN(c2cc(C)ccc2C)CC1. The molecule has 0 N–H and O–H groups in total. The third-order valence-electron chi connectivity index (χ3n) is 5.61. The summed E-state index contributed by atoms with van der Waals surface area (Å²) in [7, 11) is 0. The smallest absolute Gasteiger partial charge is 0.225 e. The van der Waals surface area contributed by atoms with Crippen molar-refractivity contribution in [2.75, 3.05) is 36.0 Å². The molecular formula is C22H25N3O2. The normalized spacial score (nSPS) is 20.1. The number of fused-ring (bicyclic) bond motifs is 1. The van der Waals surface area contributed by atoms with E-state index in [4.69, 9.17) is 0 Å². The van der Waals surface area contributed by atoms with Crippen molar-refractivity contribution in [1.82, 2.24) is 4.90 Å². The Balaban J connectivity index is 1.55. The van der Waals surface area contributed by atoms with E-state index in [0.717, 1.165) is 31.9 Å². The Bertz CT molecular complexity index is 900. The highest BCUT2D eigenvalue weighted by Gasteiger charge is 2.43. The van der Waals surface area contributed by atoms with Gasteiger partial charge in [-0.05, 0) is 43.2 Å². The van der Waals surface area contributed by atoms with Crippen LogP contribution in [0.1, 0.15) is 28.4 Å². The molecule has 27 heavy (non-hydrogen) atoms. The van der Waals surface area contributed by atoms with Gasteiger partial charge in [-0.2, -0.15) is 0 Å². The van der Waals surface area contributed by atoms with Crippen molar-refractivity contribution in [2.45, 2.75) is 26.9 Å². The molecule has 1 unspecified atom stereocenters. The van der Waals surface area contributed by atoms with E-state index >= 15 is 0 Å². The van der Waals surface area contributed by atoms with Crippen LogP contribution in [0.3, 0.4) is 0 Å². The molecule has 5 heteroatoms. The minimum atomic E-state index is -0.513. The molecule has 2 aromatic carbocycles. The van der Waals surface area contributed by atoms with Crippen LogP contribution in [0.25, 0.3) is 0 Å². The molecule has 1 saturated heterocycles. The number of hydrogen-bond donors (Lipinski definition) is 0. The predicted octanol–water partition coefficient (Wildman–Crippen LogP) is 3.00. The van der Waals surface area contributed by atoms with Crippen molar-refractivity contribution in [1.29, 1.82) is 0 Å². The zero-order valence-electron chi connectivity index (χ0n) is 16.1. The van der Waals surface area contributed by atoms with Crippen LogP contribution >= 0.6 is 0 Å². The fourth-order valence-corrected chi connectivity index (χ4v) is 4.22. The lowest BCUT2D eigenvalue weighted by molar-refractivity contribution is -0.117. The summed E-state index contributed by atoms with van der Waals surface area (Å²) in [4.78, 5) is 31.5. The van der Waals surface area contributed by atoms with Gasteiger partial charge in [-0.1, -0.05) is 24.3 Å². The highest BCUT2D eigenvalue weighted by atomic mass is 16.2. The van der Waals surface area contributed by atoms with E-state index in [1.54, 1.807) is 4.90 Å². The Labute approximate surface area is 160 Å². The van der Waals surface area contributed by atoms with Gasteiger partial charge in [0.05, 0.1) is 5.69 Å². The molecule has 2 heterocycles. The lowest BCUT2D eigenvalue weighted by atomic mass is 10.1. The molecule has 2 aliphatic heterocycles. The Hall–Kier alpha value is -2.66. The predicted molar refractivity (Wildman–Crippen MR) is 107 cm³/mol. The molecule has 140 valence electrons. The summed E-state index contributed by atoms with van der Waals surface area (Å²) in [5.74, 6) is -0.0590. The average molecular weight is 363 g/mol. The molecule has 4 rings (SSSR count). The van der Waals surface area contributed by atoms with E-state index in [2.05, 4.69) is 41.8 Å². The van der Waals surface area contributed by atoms with Crippen LogP contribution in [0.4, 0.5) is 11.4 Å². The van der Waals surface area contributed by atoms with E-state index in [-0.39, 0.29) is 11.7 Å². The number of anilines is 2. The quantitative estimate of drug-likeness (QED) is 0.823. The first-order valence-corrected chi connectivity index (χ1v) is 9.46. The number of para-hydroxylation sites is 1. The van der Waals surface area contributed by atoms with Gasteiger partial charge in [-0.15, -0.1) is 0 Å². The second kappa shape index (κ2) is 6.82. The minimum Gasteiger partial charge on any atom is -0.369 e. The summed E-state index contributed by atoms with van der Waals surface area (Å²) in [6, 6.07) is 13.9. The molecule has 1 amide bonds. The second-order valence-electron chi connectivity index (χ2n) is 7.46. The van der Waals surface area contributed by atoms with Crippen molar-refractivity contribution in [3.8, 4) is 0 Å². The molecule has 0 aromatic heterocycles. The zero-order chi connectivity index (χ0) is 19.1. The summed E-state index contributed by atoms with van der Waals surface area (Å²) < 4.78 is 0. The summed E-state index contributed by atoms with van der Waals surface area (Å²) in [6.07, 6.45) is -0.513. The van der Waals surface area contributed by atoms with Crippen LogP contribution in [0, 0.1) is 13.8 Å². The molecule has 1 fully saturated rings. The third-order valence-corrected chi connectivity index (χ3v) is 5.61. The summed E-state index contributed by atoms with van der Waals surface area (Å²) in [6.45, 7) is 8.97. The number of benzene rings is 2. The van der Waals surface area contributed by atoms with E-state index in [1.165, 1.54) is 23.7 Å². The highest BCUT2D eigenvalue weighted by Crippen LogP contribution is 2.34. The van der Waals surface area contributed by atoms with Gasteiger partial charge in [0.2, 0.25) is 11.7 Å². The van der Waals surface area contributed by atoms with Gasteiger partial charge in [-0.25, -0.2) is 0 Å². The number of aryl methyl sites for hydroxylation is 2. The van der Waals surface area contributed by atoms with Gasteiger partial charge in [-0.3, -0.25) is 19.4 Å². The van der Waals surface area contributed by atoms with Crippen LogP contribution in [0.2, 0.25) is 0 Å². The summed E-state index contributed by atoms with van der Waals surface area (Å²) >= 11 is 0. The maximum atomic E-state index is 13.0. The van der Waals surface area contributed by atoms with Crippen LogP contribution < -0.4 is 9.80 Å². The highest BCUT2D eigenvalue weighted by molar-refractivity contribution is 6.17. The largest absolute Gasteiger partial charge is 0.369 e. The number of piperazine rings is 1. The van der Waals surface area contributed by atoms with Gasteiger partial charge in [0.1, 0.15) is 0 Å². The number of Topliss-reactive ketones (excluding diaryl/α,β-unsaturated/α-hetero) is 1. The maximum absolute atomic E-state index is 13.0. The average Bonchev–Trinajstić information content (AvgIpc) is 2.97. The van der Waals surface area contributed by atoms with E-state index in [1.807, 2.05) is 24.3 Å². The fourth-order valence-electron chi connectivity index (χ4n) is 4.22. The number of hydrogen-bond acceptors (Lipinski definition) is 4. The van der Waals surface area contributed by atoms with Crippen molar-refractivity contribution < 1.29 is 9.59 Å². The van der Waals surface area contributed by atoms with Gasteiger partial charge < -0.3 is 4.90 Å². The van der Waals surface area contributed by atoms with E-state index in [9.17, 15) is 9.59 Å². The number of amides is 1. The van der Waals surface area contributed by atoms with Crippen LogP contribution in [-0.2, 0) is 4.79 Å². The molecule has 0 bridgehead atoms. The van der Waals surface area contributed by atoms with E-state index < -0.39 is 6.17 Å². The fraction of sp³-hybridized carbons (Fsp3) is 0.364. The standard InChI is InChI=1S/C22H25N3O2/c1-15-8-9-16(2)20(14-15)23-10-12-24(13-11-23)22-21(27)18-6-4-5-7-19(18)25(22)17(3)26/h4-9,14,22H,10-13H2,1-3H3. The third kappa shape index (κ3) is 3.02. The van der Waals surface area contributed by atoms with E-state index in [0.29, 0.717) is 5.56 Å². The van der Waals surface area contributed by atoms with Crippen molar-refractivity contribution >= 4 is 23.1 Å². The van der Waals surface area contributed by atoms with Crippen LogP contribution in [0.15, 0.2) is 42.5 Å². The topological polar surface area (TPSA) is 43.9 Å². The monoisotopic (exact) mass is 363 g/mol. The van der Waals surface area contributed by atoms with Crippen molar-refractivity contribution in [3.63, 3.8) is 0 Å². The first-order valence-electron chi connectivity index (χ1n) is 9.46. The molecular weight excluding hydrogens is 338 g/mol.